The van der Waals surface area contributed by atoms with E-state index in [9.17, 15) is 33.9 Å². The third kappa shape index (κ3) is 11.4. The first kappa shape index (κ1) is 65.5. The molecule has 12 rings (SSSR count). The molecule has 0 radical (unpaired) electrons. The lowest BCUT2D eigenvalue weighted by molar-refractivity contribution is -0.142. The van der Waals surface area contributed by atoms with Crippen molar-refractivity contribution in [1.82, 2.24) is 9.97 Å². The van der Waals surface area contributed by atoms with Crippen molar-refractivity contribution in [2.75, 3.05) is 10.6 Å². The molecule has 6 fully saturated rings. The number of aromatic nitrogens is 2. The van der Waals surface area contributed by atoms with Crippen LogP contribution in [0.3, 0.4) is 0 Å². The number of hydrogen-bond acceptors (Lipinski definition) is 9. The first-order valence-electron chi connectivity index (χ1n) is 30.0. The van der Waals surface area contributed by atoms with E-state index in [4.69, 9.17) is 63.6 Å². The van der Waals surface area contributed by atoms with Crippen molar-refractivity contribution in [1.29, 1.82) is 0 Å². The lowest BCUT2D eigenvalue weighted by Gasteiger charge is -2.51. The number of benzene rings is 2. The summed E-state index contributed by atoms with van der Waals surface area (Å²) >= 11 is 24.9. The molecule has 6 aliphatic carbocycles. The number of carboxylic acids is 1. The van der Waals surface area contributed by atoms with Gasteiger partial charge < -0.3 is 32.9 Å². The average molecular weight is 1280 g/mol. The summed E-state index contributed by atoms with van der Waals surface area (Å²) in [6.45, 7) is 8.88. The highest BCUT2D eigenvalue weighted by Gasteiger charge is 2.74. The van der Waals surface area contributed by atoms with Gasteiger partial charge in [-0.15, -0.1) is 12.4 Å². The van der Waals surface area contributed by atoms with E-state index in [0.29, 0.717) is 71.6 Å². The van der Waals surface area contributed by atoms with Crippen molar-refractivity contribution < 1.29 is 42.7 Å². The van der Waals surface area contributed by atoms with Gasteiger partial charge in [-0.25, -0.2) is 18.7 Å². The molecule has 2 aromatic carbocycles. The molecular weight excluding hydrogens is 1210 g/mol. The first-order chi connectivity index (χ1) is 40.1. The van der Waals surface area contributed by atoms with Gasteiger partial charge in [0.1, 0.15) is 5.78 Å². The minimum atomic E-state index is -1.25. The first-order valence-corrected chi connectivity index (χ1v) is 31.5. The van der Waals surface area contributed by atoms with Crippen LogP contribution in [0.2, 0.25) is 20.4 Å². The summed E-state index contributed by atoms with van der Waals surface area (Å²) in [5, 5.41) is 16.8. The summed E-state index contributed by atoms with van der Waals surface area (Å²) in [6.07, 6.45) is 16.8. The molecule has 14 nitrogen and oxygen atoms in total. The van der Waals surface area contributed by atoms with Crippen molar-refractivity contribution in [2.45, 2.75) is 178 Å². The van der Waals surface area contributed by atoms with Gasteiger partial charge in [0.25, 0.3) is 0 Å². The third-order valence-electron chi connectivity index (χ3n) is 21.8. The highest BCUT2D eigenvalue weighted by Crippen LogP contribution is 2.74. The Balaban J connectivity index is 0.000000178. The average Bonchev–Trinajstić information content (AvgIpc) is 1.53. The van der Waals surface area contributed by atoms with Crippen molar-refractivity contribution in [3.63, 3.8) is 0 Å². The predicted octanol–water partition coefficient (Wildman–Crippen LogP) is 14.0. The maximum absolute atomic E-state index is 16.0. The van der Waals surface area contributed by atoms with E-state index in [0.717, 1.165) is 82.6 Å². The Morgan fingerprint density at radius 1 is 0.593 bits per heavy atom. The Hall–Kier alpha value is -4.97. The van der Waals surface area contributed by atoms with E-state index in [1.807, 2.05) is 6.07 Å². The van der Waals surface area contributed by atoms with Gasteiger partial charge in [-0.3, -0.25) is 28.8 Å². The molecule has 464 valence electrons. The Morgan fingerprint density at radius 3 is 1.37 bits per heavy atom. The van der Waals surface area contributed by atoms with Crippen LogP contribution in [0.1, 0.15) is 184 Å². The molecule has 4 spiro atoms. The molecule has 6 saturated carbocycles. The number of carboxylic acid groups (broad SMARTS) is 1. The van der Waals surface area contributed by atoms with Gasteiger partial charge in [0.2, 0.25) is 23.6 Å². The van der Waals surface area contributed by atoms with Crippen LogP contribution in [0.15, 0.2) is 60.9 Å². The van der Waals surface area contributed by atoms with Gasteiger partial charge in [-0.2, -0.15) is 0 Å². The fraction of sp³-hybridized carbons (Fsp3) is 0.569. The van der Waals surface area contributed by atoms with Crippen molar-refractivity contribution in [3.05, 3.63) is 115 Å². The van der Waals surface area contributed by atoms with Gasteiger partial charge in [-0.1, -0.05) is 86.2 Å². The fourth-order valence-electron chi connectivity index (χ4n) is 17.2. The Kier molecular flexibility index (Phi) is 18.9. The third-order valence-corrected chi connectivity index (χ3v) is 22.8. The summed E-state index contributed by atoms with van der Waals surface area (Å²) in [7, 11) is 0. The number of amides is 4. The van der Waals surface area contributed by atoms with E-state index >= 15 is 8.78 Å². The Morgan fingerprint density at radius 2 is 0.977 bits per heavy atom. The highest BCUT2D eigenvalue weighted by molar-refractivity contribution is 6.32. The van der Waals surface area contributed by atoms with E-state index in [1.54, 1.807) is 36.4 Å². The normalized spacial score (nSPS) is 30.4. The number of nitrogens with zero attached hydrogens (tertiary/aromatic N) is 2. The number of primary amides is 2. The lowest BCUT2D eigenvalue weighted by atomic mass is 9.51. The van der Waals surface area contributed by atoms with Crippen LogP contribution >= 0.6 is 58.8 Å². The van der Waals surface area contributed by atoms with E-state index in [-0.39, 0.29) is 98.3 Å². The molecular formula is C65H78Cl5F2N7O7. The van der Waals surface area contributed by atoms with Gasteiger partial charge in [0, 0.05) is 75.9 Å². The van der Waals surface area contributed by atoms with Gasteiger partial charge in [-0.05, 0) is 202 Å². The van der Waals surface area contributed by atoms with Crippen LogP contribution in [0.5, 0.6) is 0 Å². The second-order valence-electron chi connectivity index (χ2n) is 27.5. The molecule has 4 aromatic rings. The van der Waals surface area contributed by atoms with Gasteiger partial charge in [0.15, 0.2) is 21.9 Å². The number of hydrogen-bond donors (Lipinski definition) is 6. The Labute approximate surface area is 527 Å². The van der Waals surface area contributed by atoms with Crippen LogP contribution in [-0.4, -0.2) is 56.5 Å². The van der Waals surface area contributed by atoms with E-state index < -0.39 is 62.9 Å². The molecule has 0 bridgehead atoms. The number of aliphatic carboxylic acids is 1. The van der Waals surface area contributed by atoms with Crippen molar-refractivity contribution in [2.24, 2.45) is 68.5 Å². The fourth-order valence-corrected chi connectivity index (χ4v) is 17.9. The molecule has 9 N–H and O–H groups in total. The molecule has 86 heavy (non-hydrogen) atoms. The summed E-state index contributed by atoms with van der Waals surface area (Å²) in [5.74, 6) is -6.51. The smallest absolute Gasteiger partial charge is 0.307 e. The number of nitrogens with one attached hydrogen (secondary N) is 2. The van der Waals surface area contributed by atoms with Crippen LogP contribution in [0.4, 0.5) is 20.2 Å². The quantitative estimate of drug-likeness (QED) is 0.0910. The van der Waals surface area contributed by atoms with Crippen LogP contribution < -0.4 is 27.8 Å². The minimum Gasteiger partial charge on any atom is -0.481 e. The number of anilines is 2. The predicted molar refractivity (Wildman–Crippen MR) is 331 cm³/mol. The maximum atomic E-state index is 16.0. The molecule has 1 unspecified atom stereocenters. The Bertz CT molecular complexity index is 3310. The van der Waals surface area contributed by atoms with Crippen LogP contribution in [-0.2, 0) is 39.6 Å². The number of rotatable bonds is 8. The summed E-state index contributed by atoms with van der Waals surface area (Å²) < 4.78 is 31.5. The topological polar surface area (TPSA) is 251 Å². The zero-order chi connectivity index (χ0) is 61.3. The monoisotopic (exact) mass is 1280 g/mol. The zero-order valence-corrected chi connectivity index (χ0v) is 52.9. The van der Waals surface area contributed by atoms with Crippen molar-refractivity contribution >= 4 is 106 Å². The van der Waals surface area contributed by atoms with Gasteiger partial charge in [0.05, 0.1) is 16.7 Å². The lowest BCUT2D eigenvalue weighted by Crippen LogP contribution is -2.52. The SMILES string of the molecule is CC1(C)CCC2(CC1)C[C@@H](C(=O)CC1CCC(C(N)=O)CC1)[C@H](c1ccnc(Cl)c1F)[C@]21C(=O)Nc2cc(Cl)ccc21.CC1(C)CCC2(CC1)C[C@@H](C(=O)O)[C@H](c1ccnc(Cl)c1F)C21C(=O)Nc2cc(Cl)ccc21.Cl.NC(=O)C1CCC(N)CC1. The number of carbonyl (C=O) groups excluding carboxylic acids is 5. The number of ketones is 1. The number of fused-ring (bicyclic) bond motifs is 6. The summed E-state index contributed by atoms with van der Waals surface area (Å²) in [5.41, 5.74) is 16.0. The molecule has 8 aliphatic rings. The number of nitrogens with two attached hydrogens (primary N) is 3. The molecule has 0 saturated heterocycles. The van der Waals surface area contributed by atoms with Crippen LogP contribution in [0.25, 0.3) is 0 Å². The van der Waals surface area contributed by atoms with Crippen molar-refractivity contribution in [3.8, 4) is 0 Å². The highest BCUT2D eigenvalue weighted by atomic mass is 35.5. The number of Topliss-reactive ketones (excluding diaryl/α,β-unsaturated/α-hetero) is 1. The van der Waals surface area contributed by atoms with Gasteiger partial charge >= 0.3 is 5.97 Å². The second kappa shape index (κ2) is 24.8. The number of pyridine rings is 2. The number of halogens is 7. The summed E-state index contributed by atoms with van der Waals surface area (Å²) in [6, 6.07) is 14.0. The van der Waals surface area contributed by atoms with E-state index in [2.05, 4.69) is 48.3 Å². The molecule has 2 aliphatic heterocycles. The molecule has 2 aromatic heterocycles. The molecule has 4 amide bonds. The maximum Gasteiger partial charge on any atom is 0.307 e. The standard InChI is InChI=1S/C33H38Cl2FN3O3.C25H25Cl2FN2O3.C7H14N2O.ClH/c1-31(2)10-12-32(13-11-31)17-22(25(40)15-18-3-5-19(6-4-18)29(37)41)26(21-9-14-38-28(35)27(21)36)33(32)23-8-7-20(34)16-24(23)39-30(33)42;1-23(2)6-8-24(9-7-23)12-15(21(31)32)18(14-5-10-29-20(27)19(14)28)25(24)16-4-3-13(26)11-17(16)30-22(25)33;8-6-3-1-5(2-4-6)7(9)10;/h7-9,14,16,18-19,22,26H,3-6,10-13,15,17H2,1-2H3,(H2,37,41)(H,39,42);3-5,10-11,15,18H,6-9,12H2,1-2H3,(H,30,33)(H,31,32);5-6H,1-4,8H2,(H2,9,10);1H/t18?,19?,22-,26-,33+;15-,18+,25?;;/m01../s1. The minimum absolute atomic E-state index is 0. The zero-order valence-electron chi connectivity index (χ0n) is 49.0. The number of carbonyl (C=O) groups is 6. The summed E-state index contributed by atoms with van der Waals surface area (Å²) in [4.78, 5) is 85.8. The van der Waals surface area contributed by atoms with E-state index in [1.165, 1.54) is 18.5 Å². The molecule has 6 atom stereocenters. The second-order valence-corrected chi connectivity index (χ2v) is 29.1. The largest absolute Gasteiger partial charge is 0.481 e. The molecule has 21 heteroatoms. The van der Waals surface area contributed by atoms with Crippen LogP contribution in [0, 0.1) is 62.9 Å². The molecule has 4 heterocycles.